The number of benzene rings is 1. The van der Waals surface area contributed by atoms with E-state index < -0.39 is 5.60 Å². The first-order valence-corrected chi connectivity index (χ1v) is 11.4. The predicted molar refractivity (Wildman–Crippen MR) is 121 cm³/mol. The lowest BCUT2D eigenvalue weighted by Gasteiger charge is -2.50. The average molecular weight is 493 g/mol. The van der Waals surface area contributed by atoms with E-state index in [2.05, 4.69) is 27.8 Å². The Kier molecular flexibility index (Phi) is 6.16. The molecular weight excluding hydrogens is 464 g/mol. The van der Waals surface area contributed by atoms with Gasteiger partial charge in [-0.15, -0.1) is 0 Å². The van der Waals surface area contributed by atoms with Gasteiger partial charge in [-0.1, -0.05) is 13.3 Å². The molecule has 8 heteroatoms. The van der Waals surface area contributed by atoms with Crippen LogP contribution in [0.2, 0.25) is 0 Å². The number of fused-ring (bicyclic) bond motifs is 5. The van der Waals surface area contributed by atoms with Gasteiger partial charge in [0.05, 0.1) is 60.6 Å². The monoisotopic (exact) mass is 492 g/mol. The molecule has 3 aliphatic heterocycles. The van der Waals surface area contributed by atoms with Crippen molar-refractivity contribution in [3.63, 3.8) is 0 Å². The molecule has 3 aliphatic rings. The number of carbonyl (C=O) groups is 1. The number of aliphatic hydroxyl groups is 1. The maximum atomic E-state index is 12.5. The predicted octanol–water partition coefficient (Wildman–Crippen LogP) is 3.56. The Balaban J connectivity index is 1.74. The summed E-state index contributed by atoms with van der Waals surface area (Å²) in [6.45, 7) is 3.72. The standard InChI is InChI=1S/C23H29BrN2O5/c1-5-13-11-26-9-8-23(28)19-17(7-6-16(24)20(19)30-3)25-21(23)18(26)10-14(13)15(12-29-2)22(27)31-4/h6-7,12-14,18,28H,5,8-11H2,1-4H3/t13-,14+,18+,23+/m1/s1. The molecule has 0 unspecified atom stereocenters. The van der Waals surface area contributed by atoms with Crippen molar-refractivity contribution < 1.29 is 24.1 Å². The zero-order valence-electron chi connectivity index (χ0n) is 18.4. The second-order valence-corrected chi connectivity index (χ2v) is 9.26. The summed E-state index contributed by atoms with van der Waals surface area (Å²) in [5.74, 6) is 0.504. The summed E-state index contributed by atoms with van der Waals surface area (Å²) in [5, 5.41) is 11.9. The van der Waals surface area contributed by atoms with Crippen LogP contribution in [0.4, 0.5) is 5.69 Å². The van der Waals surface area contributed by atoms with Gasteiger partial charge in [-0.25, -0.2) is 4.79 Å². The molecule has 0 aromatic heterocycles. The molecule has 0 spiro atoms. The fourth-order valence-electron chi connectivity index (χ4n) is 5.49. The molecule has 1 aromatic rings. The molecule has 4 atom stereocenters. The van der Waals surface area contributed by atoms with E-state index in [1.54, 1.807) is 14.2 Å². The lowest BCUT2D eigenvalue weighted by atomic mass is 9.70. The van der Waals surface area contributed by atoms with Crippen molar-refractivity contribution in [2.75, 3.05) is 34.4 Å². The number of carbonyl (C=O) groups excluding carboxylic acids is 1. The number of esters is 1. The molecule has 168 valence electrons. The van der Waals surface area contributed by atoms with Gasteiger partial charge >= 0.3 is 5.97 Å². The molecule has 2 fully saturated rings. The number of rotatable bonds is 5. The van der Waals surface area contributed by atoms with Gasteiger partial charge in [-0.2, -0.15) is 0 Å². The summed E-state index contributed by atoms with van der Waals surface area (Å²) in [7, 11) is 4.54. The first-order chi connectivity index (χ1) is 14.9. The maximum Gasteiger partial charge on any atom is 0.337 e. The highest BCUT2D eigenvalue weighted by Crippen LogP contribution is 2.53. The van der Waals surface area contributed by atoms with Crippen molar-refractivity contribution in [2.24, 2.45) is 16.8 Å². The summed E-state index contributed by atoms with van der Waals surface area (Å²) in [6.07, 6.45) is 3.67. The first kappa shape index (κ1) is 22.3. The Hall–Kier alpha value is -1.90. The van der Waals surface area contributed by atoms with Crippen LogP contribution in [0.5, 0.6) is 5.75 Å². The highest BCUT2D eigenvalue weighted by atomic mass is 79.9. The molecule has 1 aromatic carbocycles. The molecular formula is C23H29BrN2O5. The normalized spacial score (nSPS) is 30.1. The van der Waals surface area contributed by atoms with E-state index >= 15 is 0 Å². The molecule has 4 rings (SSSR count). The van der Waals surface area contributed by atoms with Gasteiger partial charge in [-0.3, -0.25) is 9.89 Å². The first-order valence-electron chi connectivity index (χ1n) is 10.6. The van der Waals surface area contributed by atoms with Crippen LogP contribution in [-0.4, -0.2) is 62.1 Å². The number of aliphatic imine (C=N–C) groups is 1. The van der Waals surface area contributed by atoms with Gasteiger partial charge in [0.2, 0.25) is 0 Å². The lowest BCUT2D eigenvalue weighted by Crippen LogP contribution is -2.60. The van der Waals surface area contributed by atoms with E-state index in [0.29, 0.717) is 24.2 Å². The van der Waals surface area contributed by atoms with Crippen LogP contribution in [0.3, 0.4) is 0 Å². The quantitative estimate of drug-likeness (QED) is 0.384. The lowest BCUT2D eigenvalue weighted by molar-refractivity contribution is -0.137. The van der Waals surface area contributed by atoms with Crippen molar-refractivity contribution in [1.82, 2.24) is 4.90 Å². The summed E-state index contributed by atoms with van der Waals surface area (Å²) in [5.41, 5.74) is 1.59. The Morgan fingerprint density at radius 2 is 2.16 bits per heavy atom. The van der Waals surface area contributed by atoms with Crippen molar-refractivity contribution >= 4 is 33.3 Å². The second kappa shape index (κ2) is 8.56. The Morgan fingerprint density at radius 1 is 1.39 bits per heavy atom. The summed E-state index contributed by atoms with van der Waals surface area (Å²) >= 11 is 3.54. The highest BCUT2D eigenvalue weighted by molar-refractivity contribution is 9.10. The SMILES string of the molecule is CC[C@@H]1CN2CC[C@@]3(O)C(=Nc4ccc(Br)c(OC)c43)[C@@H]2C[C@@H]1C(=COC)C(=O)OC. The maximum absolute atomic E-state index is 12.5. The second-order valence-electron chi connectivity index (χ2n) is 8.40. The molecule has 0 aliphatic carbocycles. The number of hydrogen-bond acceptors (Lipinski definition) is 7. The molecule has 2 saturated heterocycles. The number of piperidine rings is 2. The minimum absolute atomic E-state index is 0.0407. The zero-order chi connectivity index (χ0) is 22.3. The number of nitrogens with zero attached hydrogens (tertiary/aromatic N) is 2. The minimum atomic E-state index is -1.17. The van der Waals surface area contributed by atoms with Crippen LogP contribution in [0.25, 0.3) is 0 Å². The van der Waals surface area contributed by atoms with Crippen molar-refractivity contribution in [3.8, 4) is 5.75 Å². The van der Waals surface area contributed by atoms with Crippen LogP contribution >= 0.6 is 15.9 Å². The van der Waals surface area contributed by atoms with E-state index in [0.717, 1.165) is 40.9 Å². The Labute approximate surface area is 191 Å². The largest absolute Gasteiger partial charge is 0.504 e. The van der Waals surface area contributed by atoms with Crippen LogP contribution in [0.15, 0.2) is 33.4 Å². The molecule has 3 heterocycles. The van der Waals surface area contributed by atoms with Crippen LogP contribution in [0.1, 0.15) is 31.7 Å². The summed E-state index contributed by atoms with van der Waals surface area (Å²) in [6, 6.07) is 3.73. The number of ether oxygens (including phenoxy) is 3. The molecule has 1 N–H and O–H groups in total. The summed E-state index contributed by atoms with van der Waals surface area (Å²) < 4.78 is 16.7. The van der Waals surface area contributed by atoms with Gasteiger partial charge in [0.15, 0.2) is 0 Å². The van der Waals surface area contributed by atoms with E-state index in [1.165, 1.54) is 13.4 Å². The van der Waals surface area contributed by atoms with Gasteiger partial charge in [0, 0.05) is 13.1 Å². The number of hydrogen-bond donors (Lipinski definition) is 1. The van der Waals surface area contributed by atoms with Crippen LogP contribution in [-0.2, 0) is 19.9 Å². The van der Waals surface area contributed by atoms with E-state index in [4.69, 9.17) is 19.2 Å². The molecule has 0 radical (unpaired) electrons. The highest BCUT2D eigenvalue weighted by Gasteiger charge is 2.54. The van der Waals surface area contributed by atoms with Gasteiger partial charge in [0.1, 0.15) is 11.4 Å². The van der Waals surface area contributed by atoms with Crippen LogP contribution < -0.4 is 4.74 Å². The Morgan fingerprint density at radius 3 is 2.81 bits per heavy atom. The van der Waals surface area contributed by atoms with Crippen LogP contribution in [0, 0.1) is 11.8 Å². The molecule has 7 nitrogen and oxygen atoms in total. The third-order valence-electron chi connectivity index (χ3n) is 6.99. The summed E-state index contributed by atoms with van der Waals surface area (Å²) in [4.78, 5) is 19.8. The van der Waals surface area contributed by atoms with E-state index in [1.807, 2.05) is 12.1 Å². The van der Waals surface area contributed by atoms with Gasteiger partial charge in [-0.05, 0) is 52.7 Å². The van der Waals surface area contributed by atoms with Crippen molar-refractivity contribution in [3.05, 3.63) is 34.0 Å². The van der Waals surface area contributed by atoms with Gasteiger partial charge < -0.3 is 19.3 Å². The number of methoxy groups -OCH3 is 3. The average Bonchev–Trinajstić information content (AvgIpc) is 3.09. The zero-order valence-corrected chi connectivity index (χ0v) is 19.9. The minimum Gasteiger partial charge on any atom is -0.504 e. The number of halogens is 1. The van der Waals surface area contributed by atoms with E-state index in [-0.39, 0.29) is 23.8 Å². The van der Waals surface area contributed by atoms with Crippen molar-refractivity contribution in [1.29, 1.82) is 0 Å². The van der Waals surface area contributed by atoms with Gasteiger partial charge in [0.25, 0.3) is 0 Å². The Bertz CT molecular complexity index is 946. The molecule has 0 saturated carbocycles. The molecule has 0 bridgehead atoms. The molecule has 31 heavy (non-hydrogen) atoms. The third-order valence-corrected chi connectivity index (χ3v) is 7.62. The fraction of sp³-hybridized carbons (Fsp3) is 0.565. The van der Waals surface area contributed by atoms with Crippen molar-refractivity contribution in [2.45, 2.75) is 37.8 Å². The topological polar surface area (TPSA) is 80.6 Å². The molecule has 0 amide bonds. The smallest absolute Gasteiger partial charge is 0.337 e. The van der Waals surface area contributed by atoms with E-state index in [9.17, 15) is 9.90 Å². The third kappa shape index (κ3) is 3.49. The fourth-order valence-corrected chi connectivity index (χ4v) is 5.99.